The van der Waals surface area contributed by atoms with E-state index in [1.54, 1.807) is 11.1 Å². The number of rotatable bonds is 4. The van der Waals surface area contributed by atoms with Crippen molar-refractivity contribution < 1.29 is 0 Å². The van der Waals surface area contributed by atoms with Gasteiger partial charge >= 0.3 is 0 Å². The molecule has 4 saturated carbocycles. The normalized spacial score (nSPS) is 26.7. The predicted octanol–water partition coefficient (Wildman–Crippen LogP) is 14.0. The van der Waals surface area contributed by atoms with E-state index in [2.05, 4.69) is 160 Å². The molecule has 1 heteroatoms. The minimum Gasteiger partial charge on any atom is -0.310 e. The smallest absolute Gasteiger partial charge is 0.0509 e. The van der Waals surface area contributed by atoms with Crippen molar-refractivity contribution in [3.05, 3.63) is 150 Å². The van der Waals surface area contributed by atoms with E-state index in [-0.39, 0.29) is 16.2 Å². The molecule has 264 valence electrons. The maximum Gasteiger partial charge on any atom is 0.0509 e. The first-order chi connectivity index (χ1) is 25.7. The number of hydrogen-bond donors (Lipinski definition) is 0. The van der Waals surface area contributed by atoms with Crippen LogP contribution in [0.2, 0.25) is 0 Å². The van der Waals surface area contributed by atoms with Gasteiger partial charge in [0.1, 0.15) is 0 Å². The number of anilines is 3. The molecule has 6 aliphatic rings. The minimum atomic E-state index is 0.0593. The summed E-state index contributed by atoms with van der Waals surface area (Å²) in [5.74, 6) is 3.23. The highest BCUT2D eigenvalue weighted by molar-refractivity contribution is 5.97. The van der Waals surface area contributed by atoms with Gasteiger partial charge in [-0.3, -0.25) is 0 Å². The van der Waals surface area contributed by atoms with Crippen molar-refractivity contribution in [2.45, 2.75) is 88.9 Å². The molecule has 0 amide bonds. The molecular formula is C52H51N. The van der Waals surface area contributed by atoms with Gasteiger partial charge in [0.05, 0.1) is 11.4 Å². The molecule has 0 heterocycles. The van der Waals surface area contributed by atoms with E-state index >= 15 is 0 Å². The van der Waals surface area contributed by atoms with Gasteiger partial charge in [-0.05, 0) is 159 Å². The minimum absolute atomic E-state index is 0.0593. The molecule has 1 spiro atoms. The van der Waals surface area contributed by atoms with Gasteiger partial charge < -0.3 is 4.90 Å². The summed E-state index contributed by atoms with van der Waals surface area (Å²) in [4.78, 5) is 2.73. The molecule has 4 fully saturated rings. The summed E-state index contributed by atoms with van der Waals surface area (Å²) in [7, 11) is 0. The summed E-state index contributed by atoms with van der Waals surface area (Å²) in [5.41, 5.74) is 16.1. The van der Waals surface area contributed by atoms with Crippen LogP contribution in [0.1, 0.15) is 94.9 Å². The predicted molar refractivity (Wildman–Crippen MR) is 223 cm³/mol. The zero-order valence-corrected chi connectivity index (χ0v) is 31.8. The quantitative estimate of drug-likeness (QED) is 0.178. The molecule has 0 N–H and O–H groups in total. The molecule has 0 aromatic heterocycles. The highest BCUT2D eigenvalue weighted by Gasteiger charge is 2.62. The summed E-state index contributed by atoms with van der Waals surface area (Å²) < 4.78 is 0. The first kappa shape index (κ1) is 31.9. The third-order valence-electron chi connectivity index (χ3n) is 15.1. The lowest BCUT2D eigenvalue weighted by Gasteiger charge is -2.61. The molecule has 4 bridgehead atoms. The van der Waals surface area contributed by atoms with Crippen molar-refractivity contribution in [1.82, 2.24) is 0 Å². The number of hydrogen-bond acceptors (Lipinski definition) is 1. The Hall–Kier alpha value is -4.62. The molecule has 0 unspecified atom stereocenters. The maximum atomic E-state index is 2.73. The Bertz CT molecular complexity index is 2390. The first-order valence-electron chi connectivity index (χ1n) is 20.5. The molecule has 6 aromatic rings. The van der Waals surface area contributed by atoms with Crippen LogP contribution in [-0.4, -0.2) is 0 Å². The Morgan fingerprint density at radius 1 is 0.472 bits per heavy atom. The molecule has 0 aliphatic heterocycles. The molecule has 6 aliphatic carbocycles. The first-order valence-corrected chi connectivity index (χ1v) is 20.5. The lowest BCUT2D eigenvalue weighted by atomic mass is 9.43. The zero-order valence-electron chi connectivity index (χ0n) is 31.8. The Kier molecular flexibility index (Phi) is 6.74. The second-order valence-electron chi connectivity index (χ2n) is 18.8. The van der Waals surface area contributed by atoms with Gasteiger partial charge in [0, 0.05) is 11.1 Å². The van der Waals surface area contributed by atoms with E-state index in [4.69, 9.17) is 0 Å². The summed E-state index contributed by atoms with van der Waals surface area (Å²) in [5, 5.41) is 2.60. The van der Waals surface area contributed by atoms with Crippen molar-refractivity contribution >= 4 is 27.8 Å². The number of fused-ring (bicyclic) bond motifs is 5. The number of benzene rings is 6. The highest BCUT2D eigenvalue weighted by atomic mass is 15.2. The molecule has 0 radical (unpaired) electrons. The fraction of sp³-hybridized carbons (Fsp3) is 0.346. The standard InChI is InChI=1S/C52H51N/c1-50(2)26-27-51(3,4)49-45(50)19-11-21-47(49)53(39-24-22-36(23-25-39)41-16-9-13-35-12-5-6-14-40(35)41)46-20-10-17-43-42-15-7-8-18-44(42)52(48(43)46)37-29-33-28-34(31-37)32-38(52)30-33/h5-25,33-34,37-38H,26-32H2,1-4H3. The lowest BCUT2D eigenvalue weighted by molar-refractivity contribution is -0.0397. The fourth-order valence-corrected chi connectivity index (χ4v) is 12.9. The fourth-order valence-electron chi connectivity index (χ4n) is 12.9. The van der Waals surface area contributed by atoms with Crippen LogP contribution < -0.4 is 4.90 Å². The van der Waals surface area contributed by atoms with Crippen LogP contribution >= 0.6 is 0 Å². The van der Waals surface area contributed by atoms with Gasteiger partial charge in [0.2, 0.25) is 0 Å². The summed E-state index contributed by atoms with van der Waals surface area (Å²) >= 11 is 0. The van der Waals surface area contributed by atoms with Crippen molar-refractivity contribution in [2.24, 2.45) is 23.7 Å². The molecular weight excluding hydrogens is 639 g/mol. The monoisotopic (exact) mass is 689 g/mol. The molecule has 6 aromatic carbocycles. The van der Waals surface area contributed by atoms with Crippen LogP contribution in [-0.2, 0) is 16.2 Å². The second kappa shape index (κ2) is 11.2. The van der Waals surface area contributed by atoms with Crippen molar-refractivity contribution in [3.63, 3.8) is 0 Å². The Morgan fingerprint density at radius 2 is 1.04 bits per heavy atom. The molecule has 0 saturated heterocycles. The van der Waals surface area contributed by atoms with Gasteiger partial charge in [-0.1, -0.05) is 131 Å². The van der Waals surface area contributed by atoms with Crippen molar-refractivity contribution in [2.75, 3.05) is 4.90 Å². The Labute approximate surface area is 316 Å². The van der Waals surface area contributed by atoms with Crippen molar-refractivity contribution in [1.29, 1.82) is 0 Å². The third kappa shape index (κ3) is 4.43. The van der Waals surface area contributed by atoms with Crippen LogP contribution in [0.3, 0.4) is 0 Å². The van der Waals surface area contributed by atoms with E-state index in [0.29, 0.717) is 11.8 Å². The average Bonchev–Trinajstić information content (AvgIpc) is 3.47. The van der Waals surface area contributed by atoms with Gasteiger partial charge in [0.15, 0.2) is 0 Å². The van der Waals surface area contributed by atoms with Crippen LogP contribution in [0.15, 0.2) is 127 Å². The van der Waals surface area contributed by atoms with E-state index in [1.165, 1.54) is 106 Å². The third-order valence-corrected chi connectivity index (χ3v) is 15.1. The van der Waals surface area contributed by atoms with E-state index in [1.807, 2.05) is 0 Å². The highest BCUT2D eigenvalue weighted by Crippen LogP contribution is 2.71. The van der Waals surface area contributed by atoms with Crippen molar-refractivity contribution in [3.8, 4) is 22.3 Å². The average molecular weight is 690 g/mol. The van der Waals surface area contributed by atoms with Gasteiger partial charge in [0.25, 0.3) is 0 Å². The van der Waals surface area contributed by atoms with Crippen LogP contribution in [0.5, 0.6) is 0 Å². The van der Waals surface area contributed by atoms with Crippen LogP contribution in [0.25, 0.3) is 33.0 Å². The Morgan fingerprint density at radius 3 is 1.81 bits per heavy atom. The van der Waals surface area contributed by atoms with E-state index in [9.17, 15) is 0 Å². The van der Waals surface area contributed by atoms with Crippen LogP contribution in [0, 0.1) is 23.7 Å². The zero-order chi connectivity index (χ0) is 35.7. The summed E-state index contributed by atoms with van der Waals surface area (Å²) in [6.45, 7) is 9.93. The largest absolute Gasteiger partial charge is 0.310 e. The van der Waals surface area contributed by atoms with E-state index in [0.717, 1.165) is 11.8 Å². The topological polar surface area (TPSA) is 3.24 Å². The second-order valence-corrected chi connectivity index (χ2v) is 18.8. The van der Waals surface area contributed by atoms with Gasteiger partial charge in [-0.2, -0.15) is 0 Å². The number of nitrogens with zero attached hydrogens (tertiary/aromatic N) is 1. The Balaban J connectivity index is 1.18. The summed E-state index contributed by atoms with van der Waals surface area (Å²) in [6, 6.07) is 49.3. The SMILES string of the molecule is CC1(C)CCC(C)(C)c2c(N(c3ccc(-c4cccc5ccccc45)cc3)c3cccc4c3C3(c5ccccc5-4)C4CC5CC(C4)CC3C5)cccc21. The van der Waals surface area contributed by atoms with Gasteiger partial charge in [-0.25, -0.2) is 0 Å². The van der Waals surface area contributed by atoms with Gasteiger partial charge in [-0.15, -0.1) is 0 Å². The molecule has 0 atom stereocenters. The molecule has 12 rings (SSSR count). The van der Waals surface area contributed by atoms with Crippen LogP contribution in [0.4, 0.5) is 17.1 Å². The van der Waals surface area contributed by atoms with E-state index < -0.39 is 0 Å². The lowest BCUT2D eigenvalue weighted by Crippen LogP contribution is -2.55. The molecule has 53 heavy (non-hydrogen) atoms. The molecule has 1 nitrogen and oxygen atoms in total. The maximum absolute atomic E-state index is 2.73. The summed E-state index contributed by atoms with van der Waals surface area (Å²) in [6.07, 6.45) is 9.41.